The standard InChI is InChI=1S/C24H21N3O3S/c1-15-7-5-8-16(2)22(15)27(17(3)28)24-26-20(14-31-24)11-19(13-25)23(29)18-9-6-10-21(12-18)30-4/h5-12,14H,1-4H3/b19-11+. The highest BCUT2D eigenvalue weighted by molar-refractivity contribution is 7.14. The molecule has 3 rings (SSSR count). The summed E-state index contributed by atoms with van der Waals surface area (Å²) in [6, 6.07) is 14.4. The van der Waals surface area contributed by atoms with Gasteiger partial charge in [-0.3, -0.25) is 14.5 Å². The Labute approximate surface area is 185 Å². The Kier molecular flexibility index (Phi) is 6.63. The molecule has 0 spiro atoms. The van der Waals surface area contributed by atoms with Crippen LogP contribution < -0.4 is 9.64 Å². The minimum atomic E-state index is -0.422. The average molecular weight is 432 g/mol. The van der Waals surface area contributed by atoms with E-state index in [9.17, 15) is 14.9 Å². The number of ketones is 1. The summed E-state index contributed by atoms with van der Waals surface area (Å²) in [6.45, 7) is 5.36. The predicted molar refractivity (Wildman–Crippen MR) is 122 cm³/mol. The molecule has 0 saturated heterocycles. The topological polar surface area (TPSA) is 83.3 Å². The van der Waals surface area contributed by atoms with Gasteiger partial charge in [0.25, 0.3) is 0 Å². The van der Waals surface area contributed by atoms with Crippen LogP contribution in [-0.4, -0.2) is 23.8 Å². The number of ether oxygens (including phenoxy) is 1. The lowest BCUT2D eigenvalue weighted by molar-refractivity contribution is -0.115. The summed E-state index contributed by atoms with van der Waals surface area (Å²) in [5.41, 5.74) is 3.43. The molecule has 1 aromatic heterocycles. The van der Waals surface area contributed by atoms with Crippen molar-refractivity contribution in [1.82, 2.24) is 4.98 Å². The molecule has 0 fully saturated rings. The van der Waals surface area contributed by atoms with Crippen LogP contribution in [0.2, 0.25) is 0 Å². The van der Waals surface area contributed by atoms with Crippen molar-refractivity contribution in [3.63, 3.8) is 0 Å². The molecule has 0 aliphatic carbocycles. The van der Waals surface area contributed by atoms with Gasteiger partial charge in [0.05, 0.1) is 18.5 Å². The Morgan fingerprint density at radius 3 is 2.45 bits per heavy atom. The lowest BCUT2D eigenvalue weighted by Gasteiger charge is -2.22. The van der Waals surface area contributed by atoms with Crippen molar-refractivity contribution in [3.8, 4) is 11.8 Å². The monoisotopic (exact) mass is 431 g/mol. The second-order valence-electron chi connectivity index (χ2n) is 6.88. The van der Waals surface area contributed by atoms with Crippen LogP contribution in [0.25, 0.3) is 6.08 Å². The maximum atomic E-state index is 12.8. The summed E-state index contributed by atoms with van der Waals surface area (Å²) >= 11 is 1.27. The van der Waals surface area contributed by atoms with Gasteiger partial charge in [0.15, 0.2) is 5.13 Å². The van der Waals surface area contributed by atoms with Gasteiger partial charge in [0.1, 0.15) is 17.4 Å². The van der Waals surface area contributed by atoms with E-state index >= 15 is 0 Å². The third-order valence-electron chi connectivity index (χ3n) is 4.67. The fourth-order valence-electron chi connectivity index (χ4n) is 3.21. The number of nitrogens with zero attached hydrogens (tertiary/aromatic N) is 3. The van der Waals surface area contributed by atoms with Gasteiger partial charge in [0.2, 0.25) is 11.7 Å². The van der Waals surface area contributed by atoms with Crippen LogP contribution in [0, 0.1) is 25.2 Å². The Bertz CT molecular complexity index is 1200. The molecule has 0 N–H and O–H groups in total. The lowest BCUT2D eigenvalue weighted by Crippen LogP contribution is -2.24. The number of nitriles is 1. The molecule has 0 atom stereocenters. The molecule has 0 radical (unpaired) electrons. The van der Waals surface area contributed by atoms with E-state index in [1.54, 1.807) is 34.5 Å². The molecule has 1 amide bonds. The van der Waals surface area contributed by atoms with E-state index in [0.29, 0.717) is 22.1 Å². The first-order valence-corrected chi connectivity index (χ1v) is 10.4. The summed E-state index contributed by atoms with van der Waals surface area (Å²) in [4.78, 5) is 31.3. The highest BCUT2D eigenvalue weighted by Crippen LogP contribution is 2.34. The van der Waals surface area contributed by atoms with Gasteiger partial charge in [0, 0.05) is 17.9 Å². The first-order valence-electron chi connectivity index (χ1n) is 9.48. The Balaban J connectivity index is 1.97. The fraction of sp³-hybridized carbons (Fsp3) is 0.167. The van der Waals surface area contributed by atoms with Gasteiger partial charge in [-0.05, 0) is 43.2 Å². The molecule has 0 saturated carbocycles. The van der Waals surface area contributed by atoms with E-state index in [1.807, 2.05) is 38.1 Å². The predicted octanol–water partition coefficient (Wildman–Crippen LogP) is 5.24. The zero-order valence-electron chi connectivity index (χ0n) is 17.7. The first-order chi connectivity index (χ1) is 14.8. The van der Waals surface area contributed by atoms with Gasteiger partial charge < -0.3 is 4.74 Å². The van der Waals surface area contributed by atoms with Gasteiger partial charge >= 0.3 is 0 Å². The fourth-order valence-corrected chi connectivity index (χ4v) is 4.04. The van der Waals surface area contributed by atoms with Gasteiger partial charge in [-0.15, -0.1) is 11.3 Å². The zero-order chi connectivity index (χ0) is 22.5. The highest BCUT2D eigenvalue weighted by atomic mass is 32.1. The van der Waals surface area contributed by atoms with Crippen LogP contribution >= 0.6 is 11.3 Å². The normalized spacial score (nSPS) is 11.0. The largest absolute Gasteiger partial charge is 0.497 e. The number of carbonyl (C=O) groups is 2. The van der Waals surface area contributed by atoms with E-state index < -0.39 is 5.78 Å². The summed E-state index contributed by atoms with van der Waals surface area (Å²) in [7, 11) is 1.51. The molecule has 156 valence electrons. The van der Waals surface area contributed by atoms with E-state index in [2.05, 4.69) is 4.98 Å². The van der Waals surface area contributed by atoms with Crippen LogP contribution in [0.15, 0.2) is 53.4 Å². The number of allylic oxidation sites excluding steroid dienone is 1. The van der Waals surface area contributed by atoms with Gasteiger partial charge in [-0.25, -0.2) is 4.98 Å². The van der Waals surface area contributed by atoms with Crippen molar-refractivity contribution in [2.45, 2.75) is 20.8 Å². The summed E-state index contributed by atoms with van der Waals surface area (Å²) in [5.74, 6) is -0.0610. The number of methoxy groups -OCH3 is 1. The Hall–Kier alpha value is -3.76. The number of thiazole rings is 1. The van der Waals surface area contributed by atoms with Crippen LogP contribution in [0.5, 0.6) is 5.75 Å². The Morgan fingerprint density at radius 1 is 1.16 bits per heavy atom. The minimum absolute atomic E-state index is 0.0495. The molecule has 6 nitrogen and oxygen atoms in total. The molecular formula is C24H21N3O3S. The number of anilines is 2. The molecule has 0 unspecified atom stereocenters. The first kappa shape index (κ1) is 21.9. The van der Waals surface area contributed by atoms with Crippen molar-refractivity contribution >= 4 is 39.9 Å². The summed E-state index contributed by atoms with van der Waals surface area (Å²) < 4.78 is 5.15. The number of amides is 1. The maximum absolute atomic E-state index is 12.8. The number of rotatable bonds is 6. The SMILES string of the molecule is COc1cccc(C(=O)/C(C#N)=C/c2csc(N(C(C)=O)c3c(C)cccc3C)n2)c1. The number of hydrogen-bond acceptors (Lipinski definition) is 6. The van der Waals surface area contributed by atoms with Crippen LogP contribution in [0.3, 0.4) is 0 Å². The van der Waals surface area contributed by atoms with Crippen molar-refractivity contribution in [1.29, 1.82) is 5.26 Å². The second-order valence-corrected chi connectivity index (χ2v) is 7.72. The van der Waals surface area contributed by atoms with E-state index in [1.165, 1.54) is 31.4 Å². The number of Topliss-reactive ketones (excluding diaryl/α,β-unsaturated/α-hetero) is 1. The third kappa shape index (κ3) is 4.71. The molecule has 3 aromatic rings. The van der Waals surface area contributed by atoms with Crippen molar-refractivity contribution < 1.29 is 14.3 Å². The van der Waals surface area contributed by atoms with E-state index in [4.69, 9.17) is 4.74 Å². The van der Waals surface area contributed by atoms with Crippen LogP contribution in [-0.2, 0) is 4.79 Å². The molecule has 31 heavy (non-hydrogen) atoms. The number of aryl methyl sites for hydroxylation is 2. The molecule has 0 aliphatic rings. The average Bonchev–Trinajstić information content (AvgIpc) is 3.21. The number of benzene rings is 2. The van der Waals surface area contributed by atoms with Crippen LogP contribution in [0.4, 0.5) is 10.8 Å². The quantitative estimate of drug-likeness (QED) is 0.303. The van der Waals surface area contributed by atoms with Gasteiger partial charge in [-0.1, -0.05) is 30.3 Å². The Morgan fingerprint density at radius 2 is 1.84 bits per heavy atom. The van der Waals surface area contributed by atoms with Crippen LogP contribution in [0.1, 0.15) is 34.1 Å². The maximum Gasteiger partial charge on any atom is 0.230 e. The zero-order valence-corrected chi connectivity index (χ0v) is 18.5. The second kappa shape index (κ2) is 9.37. The van der Waals surface area contributed by atoms with Crippen molar-refractivity contribution in [2.75, 3.05) is 12.0 Å². The number of carbonyl (C=O) groups excluding carboxylic acids is 2. The van der Waals surface area contributed by atoms with E-state index in [0.717, 1.165) is 16.8 Å². The summed E-state index contributed by atoms with van der Waals surface area (Å²) in [6.07, 6.45) is 1.44. The molecule has 7 heteroatoms. The minimum Gasteiger partial charge on any atom is -0.497 e. The molecule has 0 bridgehead atoms. The molecule has 2 aromatic carbocycles. The van der Waals surface area contributed by atoms with E-state index in [-0.39, 0.29) is 11.5 Å². The summed E-state index contributed by atoms with van der Waals surface area (Å²) in [5, 5.41) is 11.7. The smallest absolute Gasteiger partial charge is 0.230 e. The van der Waals surface area contributed by atoms with Gasteiger partial charge in [-0.2, -0.15) is 5.26 Å². The molecule has 0 aliphatic heterocycles. The number of aromatic nitrogens is 1. The van der Waals surface area contributed by atoms with Crippen molar-refractivity contribution in [3.05, 3.63) is 75.8 Å². The molecule has 1 heterocycles. The highest BCUT2D eigenvalue weighted by Gasteiger charge is 2.21. The molecular weight excluding hydrogens is 410 g/mol. The lowest BCUT2D eigenvalue weighted by atomic mass is 10.0. The third-order valence-corrected chi connectivity index (χ3v) is 5.51. The van der Waals surface area contributed by atoms with Crippen molar-refractivity contribution in [2.24, 2.45) is 0 Å². The number of para-hydroxylation sites is 1. The number of hydrogen-bond donors (Lipinski definition) is 0.